The van der Waals surface area contributed by atoms with Gasteiger partial charge in [0, 0.05) is 16.5 Å². The van der Waals surface area contributed by atoms with E-state index in [1.807, 2.05) is 30.3 Å². The number of carboxylic acids is 1. The Hall–Kier alpha value is -5.30. The number of carbonyl (C=O) groups is 1. The van der Waals surface area contributed by atoms with Crippen molar-refractivity contribution in [3.05, 3.63) is 148 Å². The molecule has 0 radical (unpaired) electrons. The number of anilines is 1. The highest BCUT2D eigenvalue weighted by Crippen LogP contribution is 2.36. The third kappa shape index (κ3) is 8.09. The van der Waals surface area contributed by atoms with E-state index in [0.29, 0.717) is 21.9 Å². The van der Waals surface area contributed by atoms with E-state index < -0.39 is 32.6 Å². The van der Waals surface area contributed by atoms with Crippen molar-refractivity contribution in [1.29, 1.82) is 0 Å². The van der Waals surface area contributed by atoms with E-state index in [1.165, 1.54) is 12.1 Å². The normalized spacial score (nSPS) is 12.3. The molecule has 266 valence electrons. The molecule has 8 nitrogen and oxygen atoms in total. The zero-order valence-electron chi connectivity index (χ0n) is 27.1. The Balaban J connectivity index is 1.20. The molecule has 0 aliphatic heterocycles. The number of carboxylic acid groups (broad SMARTS) is 1. The second-order valence-corrected chi connectivity index (χ2v) is 14.2. The summed E-state index contributed by atoms with van der Waals surface area (Å²) in [5.41, 5.74) is 2.71. The van der Waals surface area contributed by atoms with Crippen LogP contribution in [0.3, 0.4) is 0 Å². The van der Waals surface area contributed by atoms with Gasteiger partial charge in [0.2, 0.25) is 0 Å². The number of hydrogen-bond acceptors (Lipinski definition) is 5. The number of hydrogen-bond donors (Lipinski definition) is 3. The highest BCUT2D eigenvalue weighted by atomic mass is 35.5. The van der Waals surface area contributed by atoms with Crippen LogP contribution in [0.2, 0.25) is 10.0 Å². The number of alkyl halides is 3. The van der Waals surface area contributed by atoms with Gasteiger partial charge in [-0.1, -0.05) is 72.6 Å². The van der Waals surface area contributed by atoms with Gasteiger partial charge in [-0.15, -0.1) is 0 Å². The average molecular weight is 767 g/mol. The Bertz CT molecular complexity index is 2370. The molecule has 52 heavy (non-hydrogen) atoms. The van der Waals surface area contributed by atoms with Gasteiger partial charge in [-0.2, -0.15) is 13.2 Å². The van der Waals surface area contributed by atoms with Crippen LogP contribution in [0.25, 0.3) is 22.4 Å². The summed E-state index contributed by atoms with van der Waals surface area (Å²) >= 11 is 12.5. The summed E-state index contributed by atoms with van der Waals surface area (Å²) in [6.07, 6.45) is -2.23. The summed E-state index contributed by atoms with van der Waals surface area (Å²) in [5.74, 6) is -0.322. The highest BCUT2D eigenvalue weighted by Gasteiger charge is 2.32. The zero-order valence-corrected chi connectivity index (χ0v) is 29.4. The number of halogens is 5. The number of nitrogens with one attached hydrogen (secondary N) is 2. The molecule has 6 rings (SSSR count). The Kier molecular flexibility index (Phi) is 10.3. The van der Waals surface area contributed by atoms with Gasteiger partial charge in [-0.25, -0.2) is 18.2 Å². The summed E-state index contributed by atoms with van der Waals surface area (Å²) in [4.78, 5) is 19.0. The van der Waals surface area contributed by atoms with E-state index >= 15 is 0 Å². The lowest BCUT2D eigenvalue weighted by Crippen LogP contribution is -2.15. The van der Waals surface area contributed by atoms with Crippen LogP contribution < -0.4 is 9.46 Å². The monoisotopic (exact) mass is 765 g/mol. The summed E-state index contributed by atoms with van der Waals surface area (Å²) in [7, 11) is -4.58. The number of aromatic nitrogens is 2. The number of rotatable bonds is 11. The van der Waals surface area contributed by atoms with Crippen LogP contribution in [-0.4, -0.2) is 29.5 Å². The average Bonchev–Trinajstić information content (AvgIpc) is 3.59. The molecular weight excluding hydrogens is 738 g/mol. The molecule has 1 aromatic heterocycles. The van der Waals surface area contributed by atoms with E-state index in [2.05, 4.69) is 21.6 Å². The minimum Gasteiger partial charge on any atom is -0.478 e. The molecule has 0 fully saturated rings. The Morgan fingerprint density at radius 3 is 2.25 bits per heavy atom. The molecule has 1 unspecified atom stereocenters. The largest absolute Gasteiger partial charge is 0.478 e. The Morgan fingerprint density at radius 2 is 1.62 bits per heavy atom. The lowest BCUT2D eigenvalue weighted by atomic mass is 9.93. The fourth-order valence-corrected chi connectivity index (χ4v) is 7.19. The minimum atomic E-state index is -4.77. The topological polar surface area (TPSA) is 121 Å². The SMILES string of the molecule is CCC(c1ccc(-c2ccc(Oc3ccc(C(=O)O)cc3NS(=O)(=O)c3cccc(C(F)(F)F)c3)cc2)cc1)c1ncc(-c2ccc(Cl)cc2Cl)[nH]1. The molecule has 0 aliphatic rings. The van der Waals surface area contributed by atoms with Gasteiger partial charge < -0.3 is 14.8 Å². The number of nitrogens with zero attached hydrogens (tertiary/aromatic N) is 1. The molecule has 14 heteroatoms. The summed E-state index contributed by atoms with van der Waals surface area (Å²) in [6, 6.07) is 26.9. The van der Waals surface area contributed by atoms with Gasteiger partial charge in [0.05, 0.1) is 38.6 Å². The molecule has 0 saturated carbocycles. The van der Waals surface area contributed by atoms with Crippen LogP contribution in [0.5, 0.6) is 11.5 Å². The van der Waals surface area contributed by atoms with Crippen LogP contribution in [0.4, 0.5) is 18.9 Å². The Morgan fingerprint density at radius 1 is 0.923 bits per heavy atom. The predicted octanol–water partition coefficient (Wildman–Crippen LogP) is 10.9. The predicted molar refractivity (Wildman–Crippen MR) is 194 cm³/mol. The number of benzene rings is 5. The van der Waals surface area contributed by atoms with Crippen molar-refractivity contribution in [3.63, 3.8) is 0 Å². The molecule has 1 atom stereocenters. The van der Waals surface area contributed by atoms with E-state index in [4.69, 9.17) is 27.9 Å². The van der Waals surface area contributed by atoms with Gasteiger partial charge in [-0.3, -0.25) is 4.72 Å². The molecule has 0 aliphatic carbocycles. The maximum Gasteiger partial charge on any atom is 0.416 e. The smallest absolute Gasteiger partial charge is 0.416 e. The van der Waals surface area contributed by atoms with Gasteiger partial charge in [0.15, 0.2) is 5.75 Å². The van der Waals surface area contributed by atoms with Gasteiger partial charge in [0.25, 0.3) is 10.0 Å². The minimum absolute atomic E-state index is 0.00244. The third-order valence-electron chi connectivity index (χ3n) is 8.23. The molecular formula is C38H28Cl2F3N3O5S. The zero-order chi connectivity index (χ0) is 37.2. The van der Waals surface area contributed by atoms with Crippen LogP contribution in [-0.2, 0) is 16.2 Å². The van der Waals surface area contributed by atoms with Gasteiger partial charge in [0.1, 0.15) is 11.6 Å². The van der Waals surface area contributed by atoms with Crippen molar-refractivity contribution in [1.82, 2.24) is 9.97 Å². The number of ether oxygens (including phenoxy) is 1. The summed E-state index contributed by atoms with van der Waals surface area (Å²) in [5, 5.41) is 10.6. The standard InChI is InChI=1S/C38H28Cl2F3N3O5S/c1-2-30(36-44-21-34(45-36)31-16-13-27(39)20-32(31)40)24-8-6-22(7-9-24)23-10-14-28(15-11-23)51-35-17-12-25(37(47)48)18-33(35)46-52(49,50)29-5-3-4-26(19-29)38(41,42)43/h3-21,30,46H,2H2,1H3,(H,44,45)(H,47,48). The van der Waals surface area contributed by atoms with E-state index in [0.717, 1.165) is 64.5 Å². The van der Waals surface area contributed by atoms with Crippen molar-refractivity contribution < 1.29 is 36.2 Å². The summed E-state index contributed by atoms with van der Waals surface area (Å²) < 4.78 is 74.1. The van der Waals surface area contributed by atoms with Crippen molar-refractivity contribution in [2.75, 3.05) is 4.72 Å². The van der Waals surface area contributed by atoms with Gasteiger partial charge >= 0.3 is 12.1 Å². The first-order valence-corrected chi connectivity index (χ1v) is 17.9. The number of imidazole rings is 1. The molecule has 3 N–H and O–H groups in total. The van der Waals surface area contributed by atoms with Gasteiger partial charge in [-0.05, 0) is 89.8 Å². The summed E-state index contributed by atoms with van der Waals surface area (Å²) in [6.45, 7) is 2.08. The van der Waals surface area contributed by atoms with Crippen LogP contribution in [0.15, 0.2) is 120 Å². The molecule has 6 aromatic rings. The highest BCUT2D eigenvalue weighted by molar-refractivity contribution is 7.92. The van der Waals surface area contributed by atoms with Crippen molar-refractivity contribution in [2.24, 2.45) is 0 Å². The van der Waals surface area contributed by atoms with E-state index in [-0.39, 0.29) is 22.9 Å². The van der Waals surface area contributed by atoms with Crippen molar-refractivity contribution in [3.8, 4) is 33.9 Å². The fourth-order valence-electron chi connectivity index (χ4n) is 5.57. The van der Waals surface area contributed by atoms with Crippen LogP contribution in [0, 0.1) is 0 Å². The number of aromatic amines is 1. The second kappa shape index (κ2) is 14.7. The quantitative estimate of drug-likeness (QED) is 0.121. The van der Waals surface area contributed by atoms with Crippen LogP contribution >= 0.6 is 23.2 Å². The van der Waals surface area contributed by atoms with Crippen LogP contribution in [0.1, 0.15) is 46.6 Å². The molecule has 0 saturated heterocycles. The first kappa shape index (κ1) is 36.5. The molecule has 0 spiro atoms. The number of H-pyrrole nitrogens is 1. The molecule has 0 amide bonds. The van der Waals surface area contributed by atoms with E-state index in [1.54, 1.807) is 42.6 Å². The maximum atomic E-state index is 13.3. The number of sulfonamides is 1. The lowest BCUT2D eigenvalue weighted by molar-refractivity contribution is -0.137. The van der Waals surface area contributed by atoms with E-state index in [9.17, 15) is 31.5 Å². The first-order valence-electron chi connectivity index (χ1n) is 15.7. The maximum absolute atomic E-state index is 13.3. The number of aromatic carboxylic acids is 1. The Labute approximate surface area is 306 Å². The molecule has 5 aromatic carbocycles. The lowest BCUT2D eigenvalue weighted by Gasteiger charge is -2.16. The fraction of sp³-hybridized carbons (Fsp3) is 0.105. The third-order valence-corrected chi connectivity index (χ3v) is 10.1. The first-order chi connectivity index (χ1) is 24.7. The molecule has 1 heterocycles. The van der Waals surface area contributed by atoms with Crippen molar-refractivity contribution >= 4 is 44.9 Å². The molecule has 0 bridgehead atoms. The second-order valence-electron chi connectivity index (χ2n) is 11.7. The van der Waals surface area contributed by atoms with Crippen molar-refractivity contribution in [2.45, 2.75) is 30.3 Å².